The van der Waals surface area contributed by atoms with Gasteiger partial charge in [-0.15, -0.1) is 3.89 Å². The Kier molecular flexibility index (Phi) is 5.71. The van der Waals surface area contributed by atoms with E-state index >= 15 is 0 Å². The first-order chi connectivity index (χ1) is 9.57. The minimum absolute atomic E-state index is 0.0674. The number of benzene rings is 1. The van der Waals surface area contributed by atoms with E-state index in [2.05, 4.69) is 5.32 Å². The molecule has 1 unspecified atom stereocenters. The molecule has 1 atom stereocenters. The van der Waals surface area contributed by atoms with Gasteiger partial charge in [0.2, 0.25) is 0 Å². The lowest BCUT2D eigenvalue weighted by Gasteiger charge is -2.23. The minimum atomic E-state index is -4.59. The Bertz CT molecular complexity index is 566. The van der Waals surface area contributed by atoms with Gasteiger partial charge in [-0.1, -0.05) is 30.3 Å². The van der Waals surface area contributed by atoms with Gasteiger partial charge in [-0.05, 0) is 32.8 Å². The second kappa shape index (κ2) is 6.89. The van der Waals surface area contributed by atoms with Crippen LogP contribution in [0.3, 0.4) is 0 Å². The van der Waals surface area contributed by atoms with Gasteiger partial charge in [0, 0.05) is 0 Å². The van der Waals surface area contributed by atoms with E-state index < -0.39 is 33.7 Å². The monoisotopic (exact) mass is 317 g/mol. The SMILES string of the molecule is CC(C)(C)OC(=O)NC(CCS(=O)(=O)F)c1ccccc1. The van der Waals surface area contributed by atoms with Crippen LogP contribution in [-0.2, 0) is 15.0 Å². The molecule has 0 spiro atoms. The summed E-state index contributed by atoms with van der Waals surface area (Å²) in [7, 11) is -4.59. The largest absolute Gasteiger partial charge is 0.444 e. The van der Waals surface area contributed by atoms with Crippen LogP contribution >= 0.6 is 0 Å². The van der Waals surface area contributed by atoms with E-state index in [9.17, 15) is 17.1 Å². The number of nitrogens with one attached hydrogen (secondary N) is 1. The van der Waals surface area contributed by atoms with Crippen LogP contribution in [0, 0.1) is 0 Å². The molecule has 0 aliphatic rings. The van der Waals surface area contributed by atoms with Crippen molar-refractivity contribution in [3.63, 3.8) is 0 Å². The molecule has 1 amide bonds. The molecular formula is C14H20FNO4S. The van der Waals surface area contributed by atoms with Crippen molar-refractivity contribution in [2.45, 2.75) is 38.8 Å². The summed E-state index contributed by atoms with van der Waals surface area (Å²) in [5, 5.41) is 2.57. The molecule has 0 bridgehead atoms. The molecule has 0 aliphatic carbocycles. The molecule has 0 aromatic heterocycles. The Balaban J connectivity index is 2.80. The van der Waals surface area contributed by atoms with Crippen LogP contribution in [0.4, 0.5) is 8.68 Å². The maximum Gasteiger partial charge on any atom is 0.408 e. The van der Waals surface area contributed by atoms with Gasteiger partial charge >= 0.3 is 16.3 Å². The van der Waals surface area contributed by atoms with Crippen molar-refractivity contribution < 1.29 is 21.8 Å². The topological polar surface area (TPSA) is 72.5 Å². The lowest BCUT2D eigenvalue weighted by molar-refractivity contribution is 0.0502. The van der Waals surface area contributed by atoms with E-state index in [1.807, 2.05) is 0 Å². The molecule has 0 aliphatic heterocycles. The molecule has 0 fully saturated rings. The van der Waals surface area contributed by atoms with E-state index in [0.717, 1.165) is 0 Å². The van der Waals surface area contributed by atoms with Gasteiger partial charge in [0.05, 0.1) is 11.8 Å². The van der Waals surface area contributed by atoms with Crippen LogP contribution in [0.1, 0.15) is 38.8 Å². The fourth-order valence-corrected chi connectivity index (χ4v) is 2.23. The van der Waals surface area contributed by atoms with Crippen molar-refractivity contribution in [2.24, 2.45) is 0 Å². The Labute approximate surface area is 124 Å². The first-order valence-electron chi connectivity index (χ1n) is 6.53. The number of rotatable bonds is 5. The van der Waals surface area contributed by atoms with E-state index in [0.29, 0.717) is 5.56 Å². The third kappa shape index (κ3) is 7.65. The number of carbonyl (C=O) groups is 1. The molecule has 0 radical (unpaired) electrons. The highest BCUT2D eigenvalue weighted by atomic mass is 32.3. The summed E-state index contributed by atoms with van der Waals surface area (Å²) < 4.78 is 39.2. The molecule has 0 heterocycles. The molecule has 1 aromatic carbocycles. The van der Waals surface area contributed by atoms with E-state index in [-0.39, 0.29) is 6.42 Å². The lowest BCUT2D eigenvalue weighted by Crippen LogP contribution is -2.35. The quantitative estimate of drug-likeness (QED) is 0.848. The van der Waals surface area contributed by atoms with Crippen molar-refractivity contribution in [1.29, 1.82) is 0 Å². The first-order valence-corrected chi connectivity index (χ1v) is 8.09. The number of carbonyl (C=O) groups excluding carboxylic acids is 1. The molecule has 7 heteroatoms. The van der Waals surface area contributed by atoms with Gasteiger partial charge in [-0.25, -0.2) is 4.79 Å². The Morgan fingerprint density at radius 1 is 1.29 bits per heavy atom. The van der Waals surface area contributed by atoms with Crippen LogP contribution in [0.2, 0.25) is 0 Å². The number of amides is 1. The number of ether oxygens (including phenoxy) is 1. The summed E-state index contributed by atoms with van der Waals surface area (Å²) in [6.07, 6.45) is -0.741. The maximum absolute atomic E-state index is 12.7. The van der Waals surface area contributed by atoms with E-state index in [1.165, 1.54) is 0 Å². The number of alkyl carbamates (subject to hydrolysis) is 1. The average molecular weight is 317 g/mol. The smallest absolute Gasteiger partial charge is 0.408 e. The Hall–Kier alpha value is -1.63. The van der Waals surface area contributed by atoms with Gasteiger partial charge < -0.3 is 10.1 Å². The third-order valence-corrected chi connectivity index (χ3v) is 3.27. The first kappa shape index (κ1) is 17.4. The molecule has 0 saturated carbocycles. The zero-order valence-corrected chi connectivity index (χ0v) is 13.1. The number of hydrogen-bond donors (Lipinski definition) is 1. The fraction of sp³-hybridized carbons (Fsp3) is 0.500. The Morgan fingerprint density at radius 3 is 2.33 bits per heavy atom. The zero-order valence-electron chi connectivity index (χ0n) is 12.3. The van der Waals surface area contributed by atoms with Crippen molar-refractivity contribution in [3.05, 3.63) is 35.9 Å². The molecule has 1 aromatic rings. The standard InChI is InChI=1S/C14H20FNO4S/c1-14(2,3)20-13(17)16-12(9-10-21(15,18)19)11-7-5-4-6-8-11/h4-8,12H,9-10H2,1-3H3,(H,16,17). The molecule has 118 valence electrons. The van der Waals surface area contributed by atoms with Crippen LogP contribution in [0.15, 0.2) is 30.3 Å². The van der Waals surface area contributed by atoms with Crippen molar-refractivity contribution in [3.8, 4) is 0 Å². The molecule has 1 rings (SSSR count). The van der Waals surface area contributed by atoms with Gasteiger partial charge in [-0.3, -0.25) is 0 Å². The van der Waals surface area contributed by atoms with Gasteiger partial charge in [0.15, 0.2) is 0 Å². The minimum Gasteiger partial charge on any atom is -0.444 e. The Morgan fingerprint density at radius 2 is 1.86 bits per heavy atom. The number of halogens is 1. The second-order valence-electron chi connectivity index (χ2n) is 5.64. The summed E-state index contributed by atoms with van der Waals surface area (Å²) >= 11 is 0. The van der Waals surface area contributed by atoms with Crippen molar-refractivity contribution >= 4 is 16.3 Å². The van der Waals surface area contributed by atoms with Crippen LogP contribution in [-0.4, -0.2) is 25.9 Å². The van der Waals surface area contributed by atoms with Crippen LogP contribution < -0.4 is 5.32 Å². The summed E-state index contributed by atoms with van der Waals surface area (Å²) in [5.74, 6) is -0.664. The molecule has 21 heavy (non-hydrogen) atoms. The maximum atomic E-state index is 12.7. The predicted molar refractivity (Wildman–Crippen MR) is 78.1 cm³/mol. The van der Waals surface area contributed by atoms with Crippen molar-refractivity contribution in [1.82, 2.24) is 5.32 Å². The van der Waals surface area contributed by atoms with Crippen LogP contribution in [0.25, 0.3) is 0 Å². The van der Waals surface area contributed by atoms with Crippen molar-refractivity contribution in [2.75, 3.05) is 5.75 Å². The predicted octanol–water partition coefficient (Wildman–Crippen LogP) is 2.94. The summed E-state index contributed by atoms with van der Waals surface area (Å²) in [6.45, 7) is 5.16. The highest BCUT2D eigenvalue weighted by Gasteiger charge is 2.22. The third-order valence-electron chi connectivity index (χ3n) is 2.54. The summed E-state index contributed by atoms with van der Waals surface area (Å²) in [5.41, 5.74) is 0.0179. The molecular weight excluding hydrogens is 297 g/mol. The molecule has 0 saturated heterocycles. The zero-order chi connectivity index (χ0) is 16.1. The molecule has 5 nitrogen and oxygen atoms in total. The highest BCUT2D eigenvalue weighted by Crippen LogP contribution is 2.19. The van der Waals surface area contributed by atoms with Gasteiger partial charge in [-0.2, -0.15) is 8.42 Å². The lowest BCUT2D eigenvalue weighted by atomic mass is 10.1. The second-order valence-corrected chi connectivity index (χ2v) is 7.13. The van der Waals surface area contributed by atoms with E-state index in [4.69, 9.17) is 4.74 Å². The summed E-state index contributed by atoms with van der Waals surface area (Å²) in [6, 6.07) is 8.12. The van der Waals surface area contributed by atoms with E-state index in [1.54, 1.807) is 51.1 Å². The van der Waals surface area contributed by atoms with Gasteiger partial charge in [0.25, 0.3) is 0 Å². The molecule has 1 N–H and O–H groups in total. The average Bonchev–Trinajstić information content (AvgIpc) is 2.32. The normalized spacial score (nSPS) is 13.5. The summed E-state index contributed by atoms with van der Waals surface area (Å²) in [4.78, 5) is 11.8. The number of hydrogen-bond acceptors (Lipinski definition) is 4. The van der Waals surface area contributed by atoms with Crippen LogP contribution in [0.5, 0.6) is 0 Å². The fourth-order valence-electron chi connectivity index (χ4n) is 1.72. The highest BCUT2D eigenvalue weighted by molar-refractivity contribution is 7.86. The van der Waals surface area contributed by atoms with Gasteiger partial charge in [0.1, 0.15) is 5.60 Å².